The van der Waals surface area contributed by atoms with Gasteiger partial charge >= 0.3 is 66.2 Å². The van der Waals surface area contributed by atoms with Gasteiger partial charge in [-0.15, -0.1) is 0 Å². The number of aliphatic hydroxyl groups excluding tert-OH is 9. The Labute approximate surface area is 770 Å². The van der Waals surface area contributed by atoms with Crippen molar-refractivity contribution in [3.8, 4) is 0 Å². The minimum absolute atomic E-state index is 0.0368. The highest BCUT2D eigenvalue weighted by atomic mass is 31.2. The molecule has 2 aromatic rings. The molecule has 31 N–H and O–H groups in total. The molecule has 1 heterocycles. The van der Waals surface area contributed by atoms with Gasteiger partial charge in [0, 0.05) is 64.3 Å². The molecule has 2 aromatic carbocycles. The van der Waals surface area contributed by atoms with Crippen molar-refractivity contribution in [2.75, 3.05) is 105 Å². The van der Waals surface area contributed by atoms with E-state index in [0.29, 0.717) is 131 Å². The van der Waals surface area contributed by atoms with Gasteiger partial charge in [0.1, 0.15) is 53.9 Å². The van der Waals surface area contributed by atoms with E-state index in [0.717, 1.165) is 23.2 Å². The molecule has 2 unspecified atom stereocenters. The van der Waals surface area contributed by atoms with E-state index >= 15 is 0 Å². The number of β-amino-alcohol motifs (C(OH)–C–C–N with tert-alkyl or cyclic N) is 1. The van der Waals surface area contributed by atoms with E-state index < -0.39 is 170 Å². The lowest BCUT2D eigenvalue weighted by molar-refractivity contribution is -0.146. The third kappa shape index (κ3) is 62.0. The minimum atomic E-state index is -5.31. The van der Waals surface area contributed by atoms with Crippen LogP contribution in [-0.4, -0.2) is 360 Å². The molecular formula is C82H161N8O36P5. The molecular weight excluding hydrogens is 1830 g/mol. The quantitative estimate of drug-likeness (QED) is 0.0330. The summed E-state index contributed by atoms with van der Waals surface area (Å²) in [5.74, 6) is -3.12. The summed E-state index contributed by atoms with van der Waals surface area (Å²) in [5.41, 5.74) is 3.43. The third-order valence-electron chi connectivity index (χ3n) is 19.1. The lowest BCUT2D eigenvalue weighted by atomic mass is 9.93. The van der Waals surface area contributed by atoms with Crippen LogP contribution in [0, 0.1) is 47.3 Å². The zero-order chi connectivity index (χ0) is 103. The Morgan fingerprint density at radius 2 is 0.916 bits per heavy atom. The first-order valence-electron chi connectivity index (χ1n) is 43.3. The van der Waals surface area contributed by atoms with Gasteiger partial charge in [-0.3, -0.25) is 56.5 Å². The molecule has 1 aliphatic carbocycles. The number of carboxylic acid groups (broad SMARTS) is 6. The van der Waals surface area contributed by atoms with Crippen molar-refractivity contribution in [2.45, 2.75) is 258 Å². The first kappa shape index (κ1) is 133. The average molecular weight is 1990 g/mol. The largest absolute Gasteiger partial charge is 0.481 e. The normalized spacial score (nSPS) is 17.9. The number of rotatable bonds is 51. The van der Waals surface area contributed by atoms with Gasteiger partial charge in [-0.2, -0.15) is 0 Å². The first-order valence-corrected chi connectivity index (χ1v) is 52.2. The first-order chi connectivity index (χ1) is 59.8. The number of carboxylic acids is 6. The van der Waals surface area contributed by atoms with Crippen LogP contribution >= 0.6 is 37.8 Å². The number of nitrogens with zero attached hydrogens (tertiary/aromatic N) is 2. The maximum atomic E-state index is 11.9. The smallest absolute Gasteiger partial charge is 0.369 e. The number of nitrogens with one attached hydrogen (secondary N) is 6. The monoisotopic (exact) mass is 1990 g/mol. The number of piperidine rings is 1. The van der Waals surface area contributed by atoms with Gasteiger partial charge in [0.05, 0.1) is 56.9 Å². The molecule has 0 aromatic heterocycles. The van der Waals surface area contributed by atoms with Gasteiger partial charge in [-0.05, 0) is 142 Å². The Hall–Kier alpha value is -4.67. The van der Waals surface area contributed by atoms with Crippen LogP contribution in [0.4, 0.5) is 0 Å². The number of hydrogen-bond acceptors (Lipinski definition) is 29. The van der Waals surface area contributed by atoms with Crippen molar-refractivity contribution in [1.82, 2.24) is 41.7 Å². The van der Waals surface area contributed by atoms with Gasteiger partial charge in [0.15, 0.2) is 7.37 Å². The van der Waals surface area contributed by atoms with E-state index in [1.165, 1.54) is 6.66 Å². The topological polar surface area (TPSA) is 772 Å². The van der Waals surface area contributed by atoms with Gasteiger partial charge in [-0.1, -0.05) is 159 Å². The molecule has 1 fully saturated rings. The van der Waals surface area contributed by atoms with Gasteiger partial charge in [-0.25, -0.2) is 0 Å². The van der Waals surface area contributed by atoms with Crippen LogP contribution in [0.1, 0.15) is 172 Å². The summed E-state index contributed by atoms with van der Waals surface area (Å²) >= 11 is 0. The van der Waals surface area contributed by atoms with E-state index in [2.05, 4.69) is 31.9 Å². The minimum Gasteiger partial charge on any atom is -0.481 e. The molecule has 4 rings (SSSR count). The highest BCUT2D eigenvalue weighted by Crippen LogP contribution is 2.69. The molecule has 2 aliphatic rings. The Kier molecular flexibility index (Phi) is 66.8. The Morgan fingerprint density at radius 3 is 1.27 bits per heavy atom. The van der Waals surface area contributed by atoms with Crippen molar-refractivity contribution in [2.24, 2.45) is 47.3 Å². The van der Waals surface area contributed by atoms with Crippen molar-refractivity contribution < 1.29 is 177 Å². The number of likely N-dealkylation sites (N-methyl/N-ethyl adjacent to an activating group) is 1. The van der Waals surface area contributed by atoms with Gasteiger partial charge in [0.25, 0.3) is 5.08 Å². The predicted octanol–water partition coefficient (Wildman–Crippen LogP) is 1.62. The fourth-order valence-electron chi connectivity index (χ4n) is 12.2. The Balaban J connectivity index is -0.000000707. The zero-order valence-corrected chi connectivity index (χ0v) is 83.4. The van der Waals surface area contributed by atoms with Crippen LogP contribution in [-0.2, 0) is 77.0 Å². The maximum Gasteiger partial charge on any atom is 0.369 e. The predicted molar refractivity (Wildman–Crippen MR) is 494 cm³/mol. The van der Waals surface area contributed by atoms with E-state index in [1.54, 1.807) is 31.3 Å². The zero-order valence-electron chi connectivity index (χ0n) is 78.9. The fourth-order valence-corrected chi connectivity index (χ4v) is 17.0. The molecule has 131 heavy (non-hydrogen) atoms. The van der Waals surface area contributed by atoms with Gasteiger partial charge in [0.2, 0.25) is 0 Å². The summed E-state index contributed by atoms with van der Waals surface area (Å²) in [5, 5.41) is 159. The second-order valence-electron chi connectivity index (χ2n) is 36.4. The Bertz CT molecular complexity index is 3710. The molecule has 49 heteroatoms. The number of hydrogen-bond donors (Lipinski definition) is 31. The molecule has 0 saturated carbocycles. The number of likely N-dealkylation sites (tertiary alicyclic amines) is 1. The van der Waals surface area contributed by atoms with E-state index in [9.17, 15) is 102 Å². The second-order valence-corrected chi connectivity index (χ2v) is 46.5. The summed E-state index contributed by atoms with van der Waals surface area (Å²) in [6.07, 6.45) is -9.11. The average Bonchev–Trinajstić information content (AvgIpc) is 1.61. The van der Waals surface area contributed by atoms with Crippen LogP contribution < -0.4 is 31.9 Å². The van der Waals surface area contributed by atoms with Crippen LogP contribution in [0.2, 0.25) is 0 Å². The summed E-state index contributed by atoms with van der Waals surface area (Å²) < 4.78 is 55.8. The number of aliphatic carboxylic acids is 6. The third-order valence-corrected chi connectivity index (χ3v) is 26.4. The highest BCUT2D eigenvalue weighted by Gasteiger charge is 2.59. The molecule has 12 atom stereocenters. The SMILES string of the molecule is CC(C)CN(C)C[C@H](O)[C@@H](O)[C@H](O)[C@H](O)CO.CC(C)CN1C[C@H](O)[C@@H](O)[C@H](O)[C@H]1CO.CC(C)CNC(CC(=O)O)CC(=O)O.CC(C)CNC(CCP(C)(=O)O)C(=O)O.CC(C)CNC1(P(=O)(O)O)Cc2ccccc2C1.CC(C)CNCCCC(O)(P(=O)(O)O)P(=O)(O)O.CC(C)CN[C@@H](CC(=O)O)C(=O)O.CC(C)CN[C@@H](Cc1ccc(CP(=O)(O)O)cc1)C(=O)O. The number of benzene rings is 2. The molecule has 0 spiro atoms. The molecule has 1 saturated heterocycles. The molecule has 44 nitrogen and oxygen atoms in total. The maximum absolute atomic E-state index is 11.9. The fraction of sp³-hybridized carbons (Fsp3) is 0.780. The standard InChI is InChI=1S/C14H22NO5P.C13H20NO3P.C11H25NO5.C10H21NO4.C9H20NO4P.C9H17NO4.C8H21NO7P2.C8H15NO4/c1-10(2)8-15-13(14(16)17)7-11-3-5-12(6-4-11)9-21(18,19)20;1-10(2)9-14-13(18(15,16)17)7-11-5-3-4-6-12(11)8-13;1-7(2)4-12(3)5-8(14)10(16)11(17)9(15)6-13;1-6(2)3-11-4-8(13)10(15)9(14)7(11)5-12;1-7(2)6-10-8(9(11)12)4-5-15(3,13)14;1-6(2)5-10-7(3-8(11)12)4-9(13)14;1-7(2)6-9-5-3-4-8(10,17(11,12)13)18(14,15)16;1-5(2)4-9-6(8(12)13)3-7(10)11/h3-6,10,13,15H,7-9H2,1-2H3,(H,16,17)(H2,18,19,20);3-6,10,14H,7-9H2,1-2H3,(H2,15,16,17);7-11,13-17H,4-6H2,1-3H3;6-10,12-15H,3-5H2,1-2H3;7-8,10H,4-6H2,1-3H3,(H,11,12)(H,13,14);6-7,10H,3-5H2,1-2H3,(H,11,12)(H,13,14);7,9-10H,3-6H2,1-2H3,(H2,11,12,13)(H2,14,15,16);5-6,9H,3-4H2,1-2H3,(H,10,11)(H,12,13)/t13-;;8-,9+,10+,11+;7-,8+,9-,10-;;;;6-/m0.01...0/s1. The molecule has 1 aliphatic heterocycles. The number of carbonyl (C=O) groups is 6. The van der Waals surface area contributed by atoms with E-state index in [1.807, 2.05) is 145 Å². The number of fused-ring (bicyclic) bond motifs is 1. The van der Waals surface area contributed by atoms with Crippen molar-refractivity contribution in [1.29, 1.82) is 0 Å². The van der Waals surface area contributed by atoms with Crippen molar-refractivity contribution >= 4 is 73.6 Å². The van der Waals surface area contributed by atoms with Crippen LogP contribution in [0.5, 0.6) is 0 Å². The molecule has 770 valence electrons. The second kappa shape index (κ2) is 66.0. The Morgan fingerprint density at radius 1 is 0.511 bits per heavy atom. The summed E-state index contributed by atoms with van der Waals surface area (Å²) in [4.78, 5) is 149. The summed E-state index contributed by atoms with van der Waals surface area (Å²) in [6.45, 7) is 38.1. The molecule has 0 bridgehead atoms. The van der Waals surface area contributed by atoms with E-state index in [-0.39, 0.29) is 57.6 Å². The molecule has 0 amide bonds. The lowest BCUT2D eigenvalue weighted by Gasteiger charge is -2.43. The van der Waals surface area contributed by atoms with Gasteiger partial charge < -0.3 is 163 Å². The van der Waals surface area contributed by atoms with Crippen LogP contribution in [0.3, 0.4) is 0 Å². The van der Waals surface area contributed by atoms with Crippen LogP contribution in [0.15, 0.2) is 48.5 Å². The molecule has 0 radical (unpaired) electrons. The van der Waals surface area contributed by atoms with Crippen molar-refractivity contribution in [3.05, 3.63) is 70.8 Å². The van der Waals surface area contributed by atoms with Crippen LogP contribution in [0.25, 0.3) is 0 Å². The highest BCUT2D eigenvalue weighted by molar-refractivity contribution is 7.72. The summed E-state index contributed by atoms with van der Waals surface area (Å²) in [6, 6.07) is 11.0. The number of aliphatic hydroxyl groups is 10. The lowest BCUT2D eigenvalue weighted by Crippen LogP contribution is -2.62. The van der Waals surface area contributed by atoms with Crippen molar-refractivity contribution in [3.63, 3.8) is 0 Å². The summed E-state index contributed by atoms with van der Waals surface area (Å²) in [7, 11) is -20.2. The van der Waals surface area contributed by atoms with E-state index in [4.69, 9.17) is 75.1 Å².